The normalized spacial score (nSPS) is 23.1. The van der Waals surface area contributed by atoms with Crippen LogP contribution in [0.4, 0.5) is 5.69 Å². The van der Waals surface area contributed by atoms with E-state index in [2.05, 4.69) is 5.32 Å². The first-order valence-corrected chi connectivity index (χ1v) is 10.8. The fraction of sp³-hybridized carbons (Fsp3) is 0.588. The van der Waals surface area contributed by atoms with Crippen LogP contribution in [-0.4, -0.2) is 43.2 Å². The summed E-state index contributed by atoms with van der Waals surface area (Å²) in [5.74, 6) is -0.484. The number of carbonyl (C=O) groups excluding carboxylic acids is 1. The van der Waals surface area contributed by atoms with Gasteiger partial charge in [-0.1, -0.05) is 12.8 Å². The average Bonchev–Trinajstić information content (AvgIpc) is 3.31. The van der Waals surface area contributed by atoms with Gasteiger partial charge in [-0.3, -0.25) is 4.79 Å². The molecular formula is C17H22Cl2N2O4S. The van der Waals surface area contributed by atoms with Crippen molar-refractivity contribution in [3.8, 4) is 5.75 Å². The number of ether oxygens (including phenoxy) is 1. The van der Waals surface area contributed by atoms with Crippen LogP contribution in [0, 0.1) is 5.92 Å². The third kappa shape index (κ3) is 4.11. The molecule has 0 aromatic heterocycles. The van der Waals surface area contributed by atoms with Gasteiger partial charge in [-0.2, -0.15) is 4.31 Å². The quantitative estimate of drug-likeness (QED) is 0.740. The first kappa shape index (κ1) is 19.7. The average molecular weight is 421 g/mol. The third-order valence-electron chi connectivity index (χ3n) is 4.77. The van der Waals surface area contributed by atoms with Crippen LogP contribution in [-0.2, 0) is 14.8 Å². The van der Waals surface area contributed by atoms with Crippen molar-refractivity contribution >= 4 is 44.8 Å². The van der Waals surface area contributed by atoms with Crippen LogP contribution >= 0.6 is 23.2 Å². The summed E-state index contributed by atoms with van der Waals surface area (Å²) in [7, 11) is -2.16. The van der Waals surface area contributed by atoms with Crippen LogP contribution in [0.5, 0.6) is 5.75 Å². The van der Waals surface area contributed by atoms with E-state index in [-0.39, 0.29) is 10.8 Å². The molecule has 3 rings (SSSR count). The number of nitrogens with zero attached hydrogens (tertiary/aromatic N) is 1. The molecule has 1 aliphatic carbocycles. The van der Waals surface area contributed by atoms with Crippen LogP contribution < -0.4 is 10.1 Å². The Bertz CT molecular complexity index is 790. The molecule has 26 heavy (non-hydrogen) atoms. The van der Waals surface area contributed by atoms with E-state index in [0.717, 1.165) is 25.7 Å². The molecule has 1 aromatic carbocycles. The molecule has 0 spiro atoms. The number of alkyl halides is 2. The van der Waals surface area contributed by atoms with Crippen molar-refractivity contribution in [1.82, 2.24) is 4.31 Å². The predicted molar refractivity (Wildman–Crippen MR) is 101 cm³/mol. The minimum Gasteiger partial charge on any atom is -0.495 e. The molecule has 1 atom stereocenters. The first-order chi connectivity index (χ1) is 12.3. The van der Waals surface area contributed by atoms with Gasteiger partial charge in [0.05, 0.1) is 23.6 Å². The zero-order valence-electron chi connectivity index (χ0n) is 14.5. The van der Waals surface area contributed by atoms with Gasteiger partial charge >= 0.3 is 0 Å². The lowest BCUT2D eigenvalue weighted by Crippen LogP contribution is -2.32. The molecule has 9 heteroatoms. The number of anilines is 1. The minimum absolute atomic E-state index is 0.134. The van der Waals surface area contributed by atoms with Crippen molar-refractivity contribution in [3.05, 3.63) is 18.2 Å². The van der Waals surface area contributed by atoms with Crippen molar-refractivity contribution < 1.29 is 17.9 Å². The van der Waals surface area contributed by atoms with Gasteiger partial charge in [0.1, 0.15) is 10.1 Å². The Kier molecular flexibility index (Phi) is 5.72. The van der Waals surface area contributed by atoms with Gasteiger partial charge in [-0.25, -0.2) is 8.42 Å². The highest BCUT2D eigenvalue weighted by Crippen LogP contribution is 2.53. The lowest BCUT2D eigenvalue weighted by atomic mass is 10.2. The summed E-state index contributed by atoms with van der Waals surface area (Å²) in [5, 5.41) is 2.69. The second-order valence-corrected chi connectivity index (χ2v) is 10.2. The first-order valence-electron chi connectivity index (χ1n) is 8.62. The van der Waals surface area contributed by atoms with Crippen molar-refractivity contribution in [2.45, 2.75) is 41.3 Å². The maximum Gasteiger partial charge on any atom is 0.243 e. The van der Waals surface area contributed by atoms with Gasteiger partial charge in [-0.05, 0) is 37.5 Å². The van der Waals surface area contributed by atoms with Gasteiger partial charge in [0, 0.05) is 13.1 Å². The zero-order valence-corrected chi connectivity index (χ0v) is 16.8. The summed E-state index contributed by atoms with van der Waals surface area (Å²) in [6, 6.07) is 4.48. The Morgan fingerprint density at radius 2 is 1.85 bits per heavy atom. The molecule has 144 valence electrons. The van der Waals surface area contributed by atoms with Gasteiger partial charge in [0.25, 0.3) is 0 Å². The van der Waals surface area contributed by atoms with Crippen LogP contribution in [0.15, 0.2) is 23.1 Å². The van der Waals surface area contributed by atoms with Gasteiger partial charge < -0.3 is 10.1 Å². The Balaban J connectivity index is 1.85. The summed E-state index contributed by atoms with van der Waals surface area (Å²) >= 11 is 11.9. The van der Waals surface area contributed by atoms with Crippen LogP contribution in [0.25, 0.3) is 0 Å². The molecule has 1 saturated heterocycles. The number of carbonyl (C=O) groups is 1. The van der Waals surface area contributed by atoms with E-state index >= 15 is 0 Å². The van der Waals surface area contributed by atoms with E-state index in [1.165, 1.54) is 23.5 Å². The summed E-state index contributed by atoms with van der Waals surface area (Å²) in [5.41, 5.74) is 0.296. The summed E-state index contributed by atoms with van der Waals surface area (Å²) < 4.78 is 31.6. The Morgan fingerprint density at radius 1 is 1.23 bits per heavy atom. The number of hydrogen-bond acceptors (Lipinski definition) is 4. The number of amides is 1. The topological polar surface area (TPSA) is 75.7 Å². The molecule has 0 bridgehead atoms. The Hall–Kier alpha value is -1.02. The van der Waals surface area contributed by atoms with Crippen molar-refractivity contribution in [3.63, 3.8) is 0 Å². The monoisotopic (exact) mass is 420 g/mol. The molecule has 6 nitrogen and oxygen atoms in total. The molecule has 1 aromatic rings. The number of nitrogens with one attached hydrogen (secondary N) is 1. The van der Waals surface area contributed by atoms with Gasteiger partial charge in [0.15, 0.2) is 0 Å². The maximum absolute atomic E-state index is 13.0. The van der Waals surface area contributed by atoms with Crippen molar-refractivity contribution in [2.24, 2.45) is 5.92 Å². The van der Waals surface area contributed by atoms with E-state index in [4.69, 9.17) is 27.9 Å². The van der Waals surface area contributed by atoms with E-state index < -0.39 is 20.3 Å². The van der Waals surface area contributed by atoms with E-state index in [1.54, 1.807) is 6.07 Å². The SMILES string of the molecule is COc1ccc(S(=O)(=O)N2CCCCCC2)cc1NC(=O)[C@H]1CC1(Cl)Cl. The molecule has 1 N–H and O–H groups in total. The van der Waals surface area contributed by atoms with E-state index in [1.807, 2.05) is 0 Å². The lowest BCUT2D eigenvalue weighted by molar-refractivity contribution is -0.117. The molecule has 2 fully saturated rings. The molecule has 2 aliphatic rings. The highest BCUT2D eigenvalue weighted by molar-refractivity contribution is 7.89. The predicted octanol–water partition coefficient (Wildman–Crippen LogP) is 3.39. The molecular weight excluding hydrogens is 399 g/mol. The molecule has 1 aliphatic heterocycles. The zero-order chi connectivity index (χ0) is 18.9. The standard InChI is InChI=1S/C17H22Cl2N2O4S/c1-25-15-7-6-12(26(23,24)21-8-4-2-3-5-9-21)10-14(15)20-16(22)13-11-17(13,18)19/h6-7,10,13H,2-5,8-9,11H2,1H3,(H,20,22)/t13-/m1/s1. The second kappa shape index (κ2) is 7.54. The van der Waals surface area contributed by atoms with Crippen molar-refractivity contribution in [1.29, 1.82) is 0 Å². The van der Waals surface area contributed by atoms with Crippen LogP contribution in [0.2, 0.25) is 0 Å². The Morgan fingerprint density at radius 3 is 2.38 bits per heavy atom. The van der Waals surface area contributed by atoms with Crippen LogP contribution in [0.3, 0.4) is 0 Å². The molecule has 1 saturated carbocycles. The van der Waals surface area contributed by atoms with Gasteiger partial charge in [-0.15, -0.1) is 23.2 Å². The lowest BCUT2D eigenvalue weighted by Gasteiger charge is -2.21. The summed E-state index contributed by atoms with van der Waals surface area (Å²) in [4.78, 5) is 12.4. The molecule has 0 radical (unpaired) electrons. The smallest absolute Gasteiger partial charge is 0.243 e. The third-order valence-corrected chi connectivity index (χ3v) is 7.50. The minimum atomic E-state index is -3.62. The maximum atomic E-state index is 13.0. The number of benzene rings is 1. The fourth-order valence-corrected chi connectivity index (χ4v) is 5.14. The number of halogens is 2. The van der Waals surface area contributed by atoms with E-state index in [0.29, 0.717) is 30.9 Å². The van der Waals surface area contributed by atoms with Crippen LogP contribution in [0.1, 0.15) is 32.1 Å². The summed E-state index contributed by atoms with van der Waals surface area (Å²) in [6.07, 6.45) is 4.16. The largest absolute Gasteiger partial charge is 0.495 e. The number of methoxy groups -OCH3 is 1. The molecule has 0 unspecified atom stereocenters. The second-order valence-electron chi connectivity index (χ2n) is 6.69. The Labute approximate surface area is 163 Å². The number of rotatable bonds is 5. The summed E-state index contributed by atoms with van der Waals surface area (Å²) in [6.45, 7) is 1.03. The highest BCUT2D eigenvalue weighted by Gasteiger charge is 2.56. The number of hydrogen-bond donors (Lipinski definition) is 1. The molecule has 1 heterocycles. The van der Waals surface area contributed by atoms with Crippen molar-refractivity contribution in [2.75, 3.05) is 25.5 Å². The molecule has 1 amide bonds. The number of sulfonamides is 1. The van der Waals surface area contributed by atoms with Gasteiger partial charge in [0.2, 0.25) is 15.9 Å². The fourth-order valence-electron chi connectivity index (χ4n) is 3.09. The van der Waals surface area contributed by atoms with E-state index in [9.17, 15) is 13.2 Å². The highest BCUT2D eigenvalue weighted by atomic mass is 35.5.